The largest absolute Gasteiger partial charge is 0.497 e. The van der Waals surface area contributed by atoms with E-state index in [9.17, 15) is 4.79 Å². The molecule has 0 spiro atoms. The molecule has 0 bridgehead atoms. The predicted octanol–water partition coefficient (Wildman–Crippen LogP) is 2.87. The SMILES string of the molecule is COc1ccc(N2CCN(C(=O)c3ccc(NC(C)C)cn3)CC2)cc1. The summed E-state index contributed by atoms with van der Waals surface area (Å²) in [5.41, 5.74) is 2.58. The van der Waals surface area contributed by atoms with Crippen molar-refractivity contribution in [1.82, 2.24) is 9.88 Å². The van der Waals surface area contributed by atoms with E-state index in [-0.39, 0.29) is 5.91 Å². The Morgan fingerprint density at radius 2 is 1.77 bits per heavy atom. The van der Waals surface area contributed by atoms with Crippen molar-refractivity contribution in [1.29, 1.82) is 0 Å². The molecule has 1 fully saturated rings. The summed E-state index contributed by atoms with van der Waals surface area (Å²) in [5.74, 6) is 0.847. The fourth-order valence-corrected chi connectivity index (χ4v) is 3.06. The van der Waals surface area contributed by atoms with Gasteiger partial charge in [0.05, 0.1) is 19.0 Å². The third kappa shape index (κ3) is 4.25. The van der Waals surface area contributed by atoms with E-state index >= 15 is 0 Å². The van der Waals surface area contributed by atoms with Crippen LogP contribution >= 0.6 is 0 Å². The van der Waals surface area contributed by atoms with Gasteiger partial charge in [0.1, 0.15) is 11.4 Å². The maximum absolute atomic E-state index is 12.7. The number of hydrogen-bond acceptors (Lipinski definition) is 5. The fraction of sp³-hybridized carbons (Fsp3) is 0.400. The first-order valence-electron chi connectivity index (χ1n) is 8.97. The number of nitrogens with one attached hydrogen (secondary N) is 1. The van der Waals surface area contributed by atoms with Crippen LogP contribution in [-0.2, 0) is 0 Å². The third-order valence-corrected chi connectivity index (χ3v) is 4.44. The van der Waals surface area contributed by atoms with Gasteiger partial charge in [-0.3, -0.25) is 4.79 Å². The zero-order valence-electron chi connectivity index (χ0n) is 15.6. The minimum Gasteiger partial charge on any atom is -0.497 e. The highest BCUT2D eigenvalue weighted by Crippen LogP contribution is 2.21. The number of nitrogens with zero attached hydrogens (tertiary/aromatic N) is 3. The van der Waals surface area contributed by atoms with Crippen LogP contribution in [0.25, 0.3) is 0 Å². The summed E-state index contributed by atoms with van der Waals surface area (Å²) in [4.78, 5) is 21.1. The molecule has 1 aliphatic heterocycles. The summed E-state index contributed by atoms with van der Waals surface area (Å²) in [6, 6.07) is 12.1. The van der Waals surface area contributed by atoms with Gasteiger partial charge < -0.3 is 19.9 Å². The number of rotatable bonds is 5. The molecular weight excluding hydrogens is 328 g/mol. The van der Waals surface area contributed by atoms with Gasteiger partial charge in [0, 0.05) is 37.9 Å². The summed E-state index contributed by atoms with van der Waals surface area (Å²) in [5, 5.41) is 3.28. The quantitative estimate of drug-likeness (QED) is 0.895. The van der Waals surface area contributed by atoms with E-state index in [0.717, 1.165) is 30.2 Å². The average molecular weight is 354 g/mol. The molecule has 3 rings (SSSR count). The van der Waals surface area contributed by atoms with Crippen LogP contribution in [0.15, 0.2) is 42.6 Å². The van der Waals surface area contributed by atoms with Crippen molar-refractivity contribution in [3.8, 4) is 5.75 Å². The van der Waals surface area contributed by atoms with Gasteiger partial charge in [-0.05, 0) is 50.2 Å². The van der Waals surface area contributed by atoms with Crippen LogP contribution in [0.1, 0.15) is 24.3 Å². The van der Waals surface area contributed by atoms with Crippen LogP contribution in [0.5, 0.6) is 5.75 Å². The fourth-order valence-electron chi connectivity index (χ4n) is 3.06. The molecule has 0 unspecified atom stereocenters. The van der Waals surface area contributed by atoms with Crippen LogP contribution in [-0.4, -0.2) is 55.1 Å². The summed E-state index contributed by atoms with van der Waals surface area (Å²) in [6.07, 6.45) is 1.72. The van der Waals surface area contributed by atoms with Crippen LogP contribution < -0.4 is 15.0 Å². The highest BCUT2D eigenvalue weighted by molar-refractivity contribution is 5.92. The van der Waals surface area contributed by atoms with Gasteiger partial charge >= 0.3 is 0 Å². The monoisotopic (exact) mass is 354 g/mol. The van der Waals surface area contributed by atoms with E-state index in [4.69, 9.17) is 4.74 Å². The number of ether oxygens (including phenoxy) is 1. The Hall–Kier alpha value is -2.76. The van der Waals surface area contributed by atoms with Gasteiger partial charge in [-0.2, -0.15) is 0 Å². The smallest absolute Gasteiger partial charge is 0.272 e. The first kappa shape index (κ1) is 18.0. The molecule has 0 aliphatic carbocycles. The highest BCUT2D eigenvalue weighted by Gasteiger charge is 2.23. The molecule has 2 heterocycles. The number of piperazine rings is 1. The highest BCUT2D eigenvalue weighted by atomic mass is 16.5. The molecule has 0 saturated carbocycles. The number of amides is 1. The van der Waals surface area contributed by atoms with Crippen molar-refractivity contribution < 1.29 is 9.53 Å². The van der Waals surface area contributed by atoms with Crippen LogP contribution in [0.4, 0.5) is 11.4 Å². The number of pyridine rings is 1. The summed E-state index contributed by atoms with van der Waals surface area (Å²) < 4.78 is 5.20. The zero-order valence-corrected chi connectivity index (χ0v) is 15.6. The first-order valence-corrected chi connectivity index (χ1v) is 8.97. The van der Waals surface area contributed by atoms with Gasteiger partial charge in [0.15, 0.2) is 0 Å². The van der Waals surface area contributed by atoms with Gasteiger partial charge in [-0.1, -0.05) is 0 Å². The average Bonchev–Trinajstić information content (AvgIpc) is 2.68. The van der Waals surface area contributed by atoms with Gasteiger partial charge in [-0.15, -0.1) is 0 Å². The minimum atomic E-state index is -0.00419. The number of carbonyl (C=O) groups is 1. The summed E-state index contributed by atoms with van der Waals surface area (Å²) in [6.45, 7) is 7.15. The molecule has 0 atom stereocenters. The predicted molar refractivity (Wildman–Crippen MR) is 104 cm³/mol. The first-order chi connectivity index (χ1) is 12.6. The Balaban J connectivity index is 1.57. The molecule has 6 heteroatoms. The second-order valence-electron chi connectivity index (χ2n) is 6.71. The number of aromatic nitrogens is 1. The number of hydrogen-bond donors (Lipinski definition) is 1. The Morgan fingerprint density at radius 1 is 1.08 bits per heavy atom. The molecule has 138 valence electrons. The van der Waals surface area contributed by atoms with Gasteiger partial charge in [-0.25, -0.2) is 4.98 Å². The van der Waals surface area contributed by atoms with Crippen LogP contribution in [0.3, 0.4) is 0 Å². The van der Waals surface area contributed by atoms with Gasteiger partial charge in [0.25, 0.3) is 5.91 Å². The molecule has 6 nitrogen and oxygen atoms in total. The maximum atomic E-state index is 12.7. The lowest BCUT2D eigenvalue weighted by atomic mass is 10.2. The van der Waals surface area contributed by atoms with Crippen molar-refractivity contribution in [3.63, 3.8) is 0 Å². The second kappa shape index (κ2) is 8.08. The molecule has 1 saturated heterocycles. The van der Waals surface area contributed by atoms with E-state index in [2.05, 4.69) is 41.2 Å². The van der Waals surface area contributed by atoms with Crippen molar-refractivity contribution in [3.05, 3.63) is 48.3 Å². The van der Waals surface area contributed by atoms with Crippen LogP contribution in [0, 0.1) is 0 Å². The summed E-state index contributed by atoms with van der Waals surface area (Å²) in [7, 11) is 1.67. The normalized spacial score (nSPS) is 14.5. The Kier molecular flexibility index (Phi) is 5.61. The Morgan fingerprint density at radius 3 is 2.31 bits per heavy atom. The van der Waals surface area contributed by atoms with Crippen LogP contribution in [0.2, 0.25) is 0 Å². The lowest BCUT2D eigenvalue weighted by Crippen LogP contribution is -2.49. The molecule has 2 aromatic rings. The van der Waals surface area contributed by atoms with E-state index in [1.807, 2.05) is 23.1 Å². The summed E-state index contributed by atoms with van der Waals surface area (Å²) >= 11 is 0. The van der Waals surface area contributed by atoms with Crippen molar-refractivity contribution in [2.45, 2.75) is 19.9 Å². The number of carbonyl (C=O) groups excluding carboxylic acids is 1. The third-order valence-electron chi connectivity index (χ3n) is 4.44. The minimum absolute atomic E-state index is 0.00419. The topological polar surface area (TPSA) is 57.7 Å². The Bertz CT molecular complexity index is 720. The van der Waals surface area contributed by atoms with Crippen molar-refractivity contribution in [2.75, 3.05) is 43.5 Å². The van der Waals surface area contributed by atoms with E-state index in [0.29, 0.717) is 24.8 Å². The zero-order chi connectivity index (χ0) is 18.5. The lowest BCUT2D eigenvalue weighted by Gasteiger charge is -2.36. The Labute approximate surface area is 154 Å². The molecule has 1 aromatic carbocycles. The number of benzene rings is 1. The molecule has 26 heavy (non-hydrogen) atoms. The molecular formula is C20H26N4O2. The molecule has 1 N–H and O–H groups in total. The number of anilines is 2. The standard InChI is InChI=1S/C20H26N4O2/c1-15(2)22-16-4-9-19(21-14-16)20(25)24-12-10-23(11-13-24)17-5-7-18(26-3)8-6-17/h4-9,14-15,22H,10-13H2,1-3H3. The van der Waals surface area contributed by atoms with E-state index < -0.39 is 0 Å². The number of methoxy groups -OCH3 is 1. The van der Waals surface area contributed by atoms with E-state index in [1.165, 1.54) is 0 Å². The lowest BCUT2D eigenvalue weighted by molar-refractivity contribution is 0.0741. The molecule has 1 amide bonds. The maximum Gasteiger partial charge on any atom is 0.272 e. The molecule has 0 radical (unpaired) electrons. The molecule has 1 aromatic heterocycles. The second-order valence-corrected chi connectivity index (χ2v) is 6.71. The van der Waals surface area contributed by atoms with E-state index in [1.54, 1.807) is 19.4 Å². The molecule has 1 aliphatic rings. The van der Waals surface area contributed by atoms with Crippen molar-refractivity contribution in [2.24, 2.45) is 0 Å². The van der Waals surface area contributed by atoms with Gasteiger partial charge in [0.2, 0.25) is 0 Å². The van der Waals surface area contributed by atoms with Crippen molar-refractivity contribution >= 4 is 17.3 Å².